The van der Waals surface area contributed by atoms with Crippen LogP contribution in [0.4, 0.5) is 0 Å². The summed E-state index contributed by atoms with van der Waals surface area (Å²) in [5, 5.41) is 3.35. The lowest BCUT2D eigenvalue weighted by molar-refractivity contribution is 0.368. The number of hydrogen-bond acceptors (Lipinski definition) is 3. The van der Waals surface area contributed by atoms with Gasteiger partial charge in [0, 0.05) is 18.4 Å². The number of hydrogen-bond donors (Lipinski definition) is 1. The molecule has 0 saturated carbocycles. The number of rotatable bonds is 5. The van der Waals surface area contributed by atoms with Gasteiger partial charge in [0.2, 0.25) is 0 Å². The molecule has 1 aromatic heterocycles. The first-order valence-electron chi connectivity index (χ1n) is 5.37. The van der Waals surface area contributed by atoms with E-state index >= 15 is 0 Å². The van der Waals surface area contributed by atoms with Gasteiger partial charge >= 0.3 is 0 Å². The lowest BCUT2D eigenvalue weighted by Crippen LogP contribution is -2.23. The smallest absolute Gasteiger partial charge is 0.0347 e. The average molecular weight is 207 g/mol. The molecular weight excluding hydrogens is 186 g/mol. The van der Waals surface area contributed by atoms with Gasteiger partial charge in [0.25, 0.3) is 0 Å². The highest BCUT2D eigenvalue weighted by Crippen LogP contribution is 2.18. The second-order valence-corrected chi connectivity index (χ2v) is 4.17. The summed E-state index contributed by atoms with van der Waals surface area (Å²) in [7, 11) is 6.21. The summed E-state index contributed by atoms with van der Waals surface area (Å²) < 4.78 is 0. The van der Waals surface area contributed by atoms with Crippen molar-refractivity contribution in [2.75, 3.05) is 27.7 Å². The zero-order valence-electron chi connectivity index (χ0n) is 10.1. The summed E-state index contributed by atoms with van der Waals surface area (Å²) in [4.78, 5) is 6.39. The van der Waals surface area contributed by atoms with Crippen LogP contribution in [0.1, 0.15) is 23.6 Å². The van der Waals surface area contributed by atoms with E-state index in [4.69, 9.17) is 0 Å². The Morgan fingerprint density at radius 3 is 2.73 bits per heavy atom. The first kappa shape index (κ1) is 12.1. The predicted molar refractivity (Wildman–Crippen MR) is 63.9 cm³/mol. The summed E-state index contributed by atoms with van der Waals surface area (Å²) in [6.45, 7) is 3.22. The van der Waals surface area contributed by atoms with E-state index in [2.05, 4.69) is 42.3 Å². The van der Waals surface area contributed by atoms with Crippen molar-refractivity contribution in [3.8, 4) is 0 Å². The van der Waals surface area contributed by atoms with Crippen molar-refractivity contribution in [3.05, 3.63) is 29.6 Å². The van der Waals surface area contributed by atoms with Crippen molar-refractivity contribution in [2.45, 2.75) is 19.4 Å². The topological polar surface area (TPSA) is 28.2 Å². The van der Waals surface area contributed by atoms with Gasteiger partial charge in [-0.25, -0.2) is 0 Å². The van der Waals surface area contributed by atoms with Gasteiger partial charge in [-0.1, -0.05) is 0 Å². The van der Waals surface area contributed by atoms with E-state index in [1.807, 2.05) is 19.4 Å². The van der Waals surface area contributed by atoms with Gasteiger partial charge in [0.1, 0.15) is 0 Å². The minimum absolute atomic E-state index is 0.404. The molecule has 0 aliphatic carbocycles. The van der Waals surface area contributed by atoms with Crippen LogP contribution < -0.4 is 5.32 Å². The Kier molecular flexibility index (Phi) is 4.72. The van der Waals surface area contributed by atoms with E-state index < -0.39 is 0 Å². The molecule has 0 aliphatic rings. The number of aryl methyl sites for hydroxylation is 1. The summed E-state index contributed by atoms with van der Waals surface area (Å²) in [6, 6.07) is 2.47. The van der Waals surface area contributed by atoms with Crippen molar-refractivity contribution >= 4 is 0 Å². The van der Waals surface area contributed by atoms with Crippen LogP contribution in [0.5, 0.6) is 0 Å². The second kappa shape index (κ2) is 5.83. The first-order valence-corrected chi connectivity index (χ1v) is 5.37. The van der Waals surface area contributed by atoms with Gasteiger partial charge in [0.05, 0.1) is 0 Å². The molecule has 1 aromatic rings. The molecule has 1 rings (SSSR count). The first-order chi connectivity index (χ1) is 7.15. The maximum atomic E-state index is 4.19. The highest BCUT2D eigenvalue weighted by molar-refractivity contribution is 5.24. The molecule has 0 bridgehead atoms. The Hall–Kier alpha value is -0.930. The highest BCUT2D eigenvalue weighted by Gasteiger charge is 2.11. The van der Waals surface area contributed by atoms with Crippen LogP contribution in [0.15, 0.2) is 18.5 Å². The molecule has 84 valence electrons. The molecule has 0 spiro atoms. The number of nitrogens with one attached hydrogen (secondary N) is 1. The van der Waals surface area contributed by atoms with E-state index in [9.17, 15) is 0 Å². The molecule has 0 fully saturated rings. The fraction of sp³-hybridized carbons (Fsp3) is 0.583. The zero-order chi connectivity index (χ0) is 11.3. The molecule has 1 unspecified atom stereocenters. The minimum atomic E-state index is 0.404. The summed E-state index contributed by atoms with van der Waals surface area (Å²) in [6.07, 6.45) is 4.92. The molecule has 1 heterocycles. The Labute approximate surface area is 92.5 Å². The molecule has 1 atom stereocenters. The summed E-state index contributed by atoms with van der Waals surface area (Å²) in [5.74, 6) is 0. The molecular formula is C12H21N3. The Balaban J connectivity index is 2.70. The maximum Gasteiger partial charge on any atom is 0.0347 e. The third-order valence-corrected chi connectivity index (χ3v) is 2.67. The van der Waals surface area contributed by atoms with Gasteiger partial charge in [-0.15, -0.1) is 0 Å². The van der Waals surface area contributed by atoms with E-state index in [0.29, 0.717) is 6.04 Å². The quantitative estimate of drug-likeness (QED) is 0.795. The third-order valence-electron chi connectivity index (χ3n) is 2.67. The number of nitrogens with zero attached hydrogens (tertiary/aromatic N) is 2. The van der Waals surface area contributed by atoms with Crippen LogP contribution in [-0.2, 0) is 0 Å². The van der Waals surface area contributed by atoms with Crippen molar-refractivity contribution in [1.82, 2.24) is 15.2 Å². The van der Waals surface area contributed by atoms with Gasteiger partial charge in [0.15, 0.2) is 0 Å². The van der Waals surface area contributed by atoms with Crippen LogP contribution in [0.25, 0.3) is 0 Å². The van der Waals surface area contributed by atoms with Gasteiger partial charge < -0.3 is 10.2 Å². The molecule has 3 nitrogen and oxygen atoms in total. The number of pyridine rings is 1. The van der Waals surface area contributed by atoms with Crippen LogP contribution in [0.3, 0.4) is 0 Å². The van der Waals surface area contributed by atoms with E-state index in [-0.39, 0.29) is 0 Å². The molecule has 0 amide bonds. The lowest BCUT2D eigenvalue weighted by Gasteiger charge is -2.20. The molecule has 0 aromatic carbocycles. The van der Waals surface area contributed by atoms with Crippen molar-refractivity contribution < 1.29 is 0 Å². The molecule has 0 aliphatic heterocycles. The molecule has 1 N–H and O–H groups in total. The molecule has 0 saturated heterocycles. The maximum absolute atomic E-state index is 4.19. The Morgan fingerprint density at radius 1 is 1.47 bits per heavy atom. The minimum Gasteiger partial charge on any atom is -0.313 e. The summed E-state index contributed by atoms with van der Waals surface area (Å²) >= 11 is 0. The Morgan fingerprint density at radius 2 is 2.20 bits per heavy atom. The number of aromatic nitrogens is 1. The summed E-state index contributed by atoms with van der Waals surface area (Å²) in [5.41, 5.74) is 2.62. The fourth-order valence-corrected chi connectivity index (χ4v) is 1.68. The zero-order valence-corrected chi connectivity index (χ0v) is 10.1. The van der Waals surface area contributed by atoms with Gasteiger partial charge in [-0.05, 0) is 58.2 Å². The largest absolute Gasteiger partial charge is 0.313 e. The van der Waals surface area contributed by atoms with Crippen LogP contribution in [-0.4, -0.2) is 37.6 Å². The highest BCUT2D eigenvalue weighted by atomic mass is 15.1. The van der Waals surface area contributed by atoms with Crippen LogP contribution in [0, 0.1) is 6.92 Å². The van der Waals surface area contributed by atoms with Crippen LogP contribution in [0.2, 0.25) is 0 Å². The van der Waals surface area contributed by atoms with E-state index in [0.717, 1.165) is 13.0 Å². The Bertz CT molecular complexity index is 297. The monoisotopic (exact) mass is 207 g/mol. The molecule has 3 heteroatoms. The fourth-order valence-electron chi connectivity index (χ4n) is 1.68. The third kappa shape index (κ3) is 3.61. The van der Waals surface area contributed by atoms with E-state index in [1.54, 1.807) is 0 Å². The molecule has 0 radical (unpaired) electrons. The molecule has 15 heavy (non-hydrogen) atoms. The predicted octanol–water partition coefficient (Wildman–Crippen LogP) is 1.60. The lowest BCUT2D eigenvalue weighted by atomic mass is 10.0. The normalized spacial score (nSPS) is 13.1. The average Bonchev–Trinajstić information content (AvgIpc) is 2.21. The van der Waals surface area contributed by atoms with Crippen molar-refractivity contribution in [2.24, 2.45) is 0 Å². The second-order valence-electron chi connectivity index (χ2n) is 4.17. The van der Waals surface area contributed by atoms with Gasteiger partial charge in [-0.3, -0.25) is 4.98 Å². The van der Waals surface area contributed by atoms with Gasteiger partial charge in [-0.2, -0.15) is 0 Å². The SMILES string of the molecule is CNC(CCN(C)C)c1cnccc1C. The van der Waals surface area contributed by atoms with E-state index in [1.165, 1.54) is 11.1 Å². The van der Waals surface area contributed by atoms with Crippen LogP contribution >= 0.6 is 0 Å². The standard InChI is InChI=1S/C12H21N3/c1-10-5-7-14-9-11(10)12(13-2)6-8-15(3)4/h5,7,9,12-13H,6,8H2,1-4H3. The van der Waals surface area contributed by atoms with Crippen molar-refractivity contribution in [1.29, 1.82) is 0 Å². The van der Waals surface area contributed by atoms with Crippen molar-refractivity contribution in [3.63, 3.8) is 0 Å².